The van der Waals surface area contributed by atoms with Gasteiger partial charge in [-0.1, -0.05) is 13.8 Å². The summed E-state index contributed by atoms with van der Waals surface area (Å²) in [6.07, 6.45) is 1.02. The van der Waals surface area contributed by atoms with Crippen molar-refractivity contribution < 1.29 is 18.3 Å². The van der Waals surface area contributed by atoms with Gasteiger partial charge in [0, 0.05) is 19.0 Å². The van der Waals surface area contributed by atoms with E-state index in [0.717, 1.165) is 0 Å². The molecule has 0 spiro atoms. The quantitative estimate of drug-likeness (QED) is 0.831. The van der Waals surface area contributed by atoms with E-state index in [0.29, 0.717) is 31.0 Å². The zero-order valence-electron chi connectivity index (χ0n) is 10.7. The van der Waals surface area contributed by atoms with Gasteiger partial charge in [-0.3, -0.25) is 4.79 Å². The number of hydrogen-bond acceptors (Lipinski definition) is 3. The van der Waals surface area contributed by atoms with Crippen molar-refractivity contribution in [3.63, 3.8) is 0 Å². The minimum Gasteiger partial charge on any atom is -0.468 e. The highest BCUT2D eigenvalue weighted by atomic mass is 19.1. The molecule has 0 aromatic carbocycles. The molecule has 1 aliphatic rings. The van der Waals surface area contributed by atoms with E-state index in [9.17, 15) is 9.18 Å². The van der Waals surface area contributed by atoms with Crippen LogP contribution >= 0.6 is 0 Å². The van der Waals surface area contributed by atoms with Crippen LogP contribution in [0.15, 0.2) is 16.7 Å². The second-order valence-electron chi connectivity index (χ2n) is 4.75. The van der Waals surface area contributed by atoms with Crippen LogP contribution in [0, 0.1) is 0 Å². The van der Waals surface area contributed by atoms with Gasteiger partial charge in [0.2, 0.25) is 0 Å². The molecule has 1 atom stereocenters. The first-order chi connectivity index (χ1) is 8.63. The number of rotatable bonds is 3. The van der Waals surface area contributed by atoms with Crippen LogP contribution in [-0.2, 0) is 4.74 Å². The average molecular weight is 255 g/mol. The molecular weight excluding hydrogens is 237 g/mol. The van der Waals surface area contributed by atoms with Crippen molar-refractivity contribution in [1.29, 1.82) is 0 Å². The molecule has 18 heavy (non-hydrogen) atoms. The van der Waals surface area contributed by atoms with Gasteiger partial charge in [-0.25, -0.2) is 4.39 Å². The summed E-state index contributed by atoms with van der Waals surface area (Å²) in [5.74, 6) is 0.731. The molecule has 1 unspecified atom stereocenters. The van der Waals surface area contributed by atoms with Crippen LogP contribution in [0.3, 0.4) is 0 Å². The van der Waals surface area contributed by atoms with Gasteiger partial charge in [0.25, 0.3) is 5.91 Å². The molecule has 1 aliphatic heterocycles. The topological polar surface area (TPSA) is 42.7 Å². The third-order valence-electron chi connectivity index (χ3n) is 3.05. The number of furan rings is 1. The van der Waals surface area contributed by atoms with Gasteiger partial charge in [0.05, 0.1) is 18.4 Å². The summed E-state index contributed by atoms with van der Waals surface area (Å²) in [7, 11) is 0. The number of ether oxygens (including phenoxy) is 1. The van der Waals surface area contributed by atoms with Crippen molar-refractivity contribution in [1.82, 2.24) is 4.90 Å². The summed E-state index contributed by atoms with van der Waals surface area (Å²) in [6, 6.07) is 1.68. The first kappa shape index (κ1) is 13.1. The molecule has 1 amide bonds. The van der Waals surface area contributed by atoms with Gasteiger partial charge in [-0.15, -0.1) is 0 Å². The van der Waals surface area contributed by atoms with Crippen LogP contribution in [-0.4, -0.2) is 43.3 Å². The van der Waals surface area contributed by atoms with Gasteiger partial charge < -0.3 is 14.1 Å². The smallest absolute Gasteiger partial charge is 0.257 e. The van der Waals surface area contributed by atoms with Crippen LogP contribution < -0.4 is 0 Å². The Morgan fingerprint density at radius 2 is 2.39 bits per heavy atom. The Morgan fingerprint density at radius 1 is 1.61 bits per heavy atom. The summed E-state index contributed by atoms with van der Waals surface area (Å²) in [5, 5.41) is 0. The number of nitrogens with zero attached hydrogens (tertiary/aromatic N) is 1. The maximum absolute atomic E-state index is 12.6. The summed E-state index contributed by atoms with van der Waals surface area (Å²) in [4.78, 5) is 14.0. The Balaban J connectivity index is 2.13. The molecule has 2 heterocycles. The van der Waals surface area contributed by atoms with Crippen molar-refractivity contribution in [2.24, 2.45) is 0 Å². The Kier molecular flexibility index (Phi) is 4.01. The molecular formula is C13H18FNO3. The SMILES string of the molecule is CC(C)c1occc1C(=O)N1CCOC(CF)C1. The molecule has 5 heteroatoms. The van der Waals surface area contributed by atoms with E-state index in [-0.39, 0.29) is 11.8 Å². The molecule has 4 nitrogen and oxygen atoms in total. The first-order valence-electron chi connectivity index (χ1n) is 6.17. The van der Waals surface area contributed by atoms with Gasteiger partial charge in [0.15, 0.2) is 0 Å². The highest BCUT2D eigenvalue weighted by molar-refractivity contribution is 5.95. The van der Waals surface area contributed by atoms with Crippen LogP contribution in [0.5, 0.6) is 0 Å². The molecule has 1 saturated heterocycles. The molecule has 1 aromatic rings. The number of carbonyl (C=O) groups excluding carboxylic acids is 1. The van der Waals surface area contributed by atoms with Crippen LogP contribution in [0.25, 0.3) is 0 Å². The predicted octanol–water partition coefficient (Wildman–Crippen LogP) is 2.21. The number of hydrogen-bond donors (Lipinski definition) is 0. The number of amides is 1. The molecule has 0 radical (unpaired) electrons. The number of morpholine rings is 1. The van der Waals surface area contributed by atoms with E-state index >= 15 is 0 Å². The zero-order valence-corrected chi connectivity index (χ0v) is 10.7. The lowest BCUT2D eigenvalue weighted by Crippen LogP contribution is -2.46. The van der Waals surface area contributed by atoms with E-state index in [1.165, 1.54) is 6.26 Å². The van der Waals surface area contributed by atoms with Crippen molar-refractivity contribution in [2.45, 2.75) is 25.9 Å². The van der Waals surface area contributed by atoms with E-state index < -0.39 is 12.8 Å². The van der Waals surface area contributed by atoms with E-state index in [1.807, 2.05) is 13.8 Å². The minimum atomic E-state index is -0.563. The van der Waals surface area contributed by atoms with Crippen LogP contribution in [0.4, 0.5) is 4.39 Å². The molecule has 100 valence electrons. The lowest BCUT2D eigenvalue weighted by atomic mass is 10.1. The average Bonchev–Trinajstić information content (AvgIpc) is 2.87. The third-order valence-corrected chi connectivity index (χ3v) is 3.05. The first-order valence-corrected chi connectivity index (χ1v) is 6.17. The maximum atomic E-state index is 12.6. The molecule has 1 fully saturated rings. The number of halogens is 1. The number of carbonyl (C=O) groups is 1. The van der Waals surface area contributed by atoms with Crippen molar-refractivity contribution in [3.05, 3.63) is 23.7 Å². The summed E-state index contributed by atoms with van der Waals surface area (Å²) in [5.41, 5.74) is 0.574. The molecule has 0 bridgehead atoms. The molecule has 0 N–H and O–H groups in total. The van der Waals surface area contributed by atoms with Gasteiger partial charge in [0.1, 0.15) is 18.5 Å². The Labute approximate surface area is 106 Å². The largest absolute Gasteiger partial charge is 0.468 e. The maximum Gasteiger partial charge on any atom is 0.257 e. The highest BCUT2D eigenvalue weighted by Gasteiger charge is 2.27. The van der Waals surface area contributed by atoms with Gasteiger partial charge >= 0.3 is 0 Å². The molecule has 0 aliphatic carbocycles. The lowest BCUT2D eigenvalue weighted by molar-refractivity contribution is -0.0311. The summed E-state index contributed by atoms with van der Waals surface area (Å²) >= 11 is 0. The minimum absolute atomic E-state index is 0.103. The molecule has 1 aromatic heterocycles. The third kappa shape index (κ3) is 2.56. The Hall–Kier alpha value is -1.36. The van der Waals surface area contributed by atoms with Crippen LogP contribution in [0.2, 0.25) is 0 Å². The molecule has 0 saturated carbocycles. The van der Waals surface area contributed by atoms with Crippen molar-refractivity contribution >= 4 is 5.91 Å². The fraction of sp³-hybridized carbons (Fsp3) is 0.615. The summed E-state index contributed by atoms with van der Waals surface area (Å²) < 4.78 is 23.1. The molecule has 2 rings (SSSR count). The second kappa shape index (κ2) is 5.52. The van der Waals surface area contributed by atoms with Crippen LogP contribution in [0.1, 0.15) is 35.9 Å². The second-order valence-corrected chi connectivity index (χ2v) is 4.75. The van der Waals surface area contributed by atoms with E-state index in [1.54, 1.807) is 11.0 Å². The monoisotopic (exact) mass is 255 g/mol. The highest BCUT2D eigenvalue weighted by Crippen LogP contribution is 2.22. The van der Waals surface area contributed by atoms with E-state index in [4.69, 9.17) is 9.15 Å². The standard InChI is InChI=1S/C13H18FNO3/c1-9(2)12-11(3-5-18-12)13(16)15-4-6-17-10(7-14)8-15/h3,5,9-10H,4,6-8H2,1-2H3. The fourth-order valence-electron chi connectivity index (χ4n) is 2.11. The van der Waals surface area contributed by atoms with Crippen molar-refractivity contribution in [2.75, 3.05) is 26.4 Å². The van der Waals surface area contributed by atoms with E-state index in [2.05, 4.69) is 0 Å². The summed E-state index contributed by atoms with van der Waals surface area (Å²) in [6.45, 7) is 4.57. The Bertz CT molecular complexity index is 416. The zero-order chi connectivity index (χ0) is 13.1. The van der Waals surface area contributed by atoms with Gasteiger partial charge in [-0.05, 0) is 6.07 Å². The van der Waals surface area contributed by atoms with Crippen molar-refractivity contribution in [3.8, 4) is 0 Å². The predicted molar refractivity (Wildman–Crippen MR) is 64.4 cm³/mol. The normalized spacial score (nSPS) is 20.4. The fourth-order valence-corrected chi connectivity index (χ4v) is 2.11. The Morgan fingerprint density at radius 3 is 3.06 bits per heavy atom. The number of alkyl halides is 1. The van der Waals surface area contributed by atoms with Gasteiger partial charge in [-0.2, -0.15) is 0 Å². The lowest BCUT2D eigenvalue weighted by Gasteiger charge is -2.31.